The van der Waals surface area contributed by atoms with Crippen LogP contribution in [0.2, 0.25) is 0 Å². The van der Waals surface area contributed by atoms with Crippen molar-refractivity contribution in [2.75, 3.05) is 11.9 Å². The highest BCUT2D eigenvalue weighted by Crippen LogP contribution is 2.39. The highest BCUT2D eigenvalue weighted by atomic mass is 32.1. The molecule has 4 aromatic rings. The molecule has 1 aliphatic heterocycles. The van der Waals surface area contributed by atoms with E-state index in [2.05, 4.69) is 36.1 Å². The molecular weight excluding hydrogens is 444 g/mol. The van der Waals surface area contributed by atoms with Crippen LogP contribution in [0.4, 0.5) is 5.69 Å². The number of benzene rings is 1. The van der Waals surface area contributed by atoms with Crippen LogP contribution in [0.15, 0.2) is 97.6 Å². The smallest absolute Gasteiger partial charge is 0.226 e. The van der Waals surface area contributed by atoms with Crippen molar-refractivity contribution < 1.29 is 4.79 Å². The zero-order chi connectivity index (χ0) is 23.3. The van der Waals surface area contributed by atoms with Gasteiger partial charge in [-0.15, -0.1) is 0 Å². The van der Waals surface area contributed by atoms with E-state index in [0.29, 0.717) is 18.1 Å². The van der Waals surface area contributed by atoms with Crippen molar-refractivity contribution in [1.82, 2.24) is 24.8 Å². The predicted octanol–water partition coefficient (Wildman–Crippen LogP) is 4.27. The number of anilines is 1. The van der Waals surface area contributed by atoms with Crippen molar-refractivity contribution in [3.63, 3.8) is 0 Å². The number of nitrogens with zero attached hydrogens (tertiary/aromatic N) is 4. The van der Waals surface area contributed by atoms with Crippen LogP contribution in [-0.4, -0.2) is 37.0 Å². The topological polar surface area (TPSA) is 75.1 Å². The van der Waals surface area contributed by atoms with Gasteiger partial charge in [0.05, 0.1) is 17.8 Å². The summed E-state index contributed by atoms with van der Waals surface area (Å²) in [4.78, 5) is 23.5. The van der Waals surface area contributed by atoms with Gasteiger partial charge in [-0.25, -0.2) is 0 Å². The quantitative estimate of drug-likeness (QED) is 0.395. The molecule has 4 heterocycles. The Morgan fingerprint density at radius 3 is 2.53 bits per heavy atom. The first-order valence-corrected chi connectivity index (χ1v) is 11.5. The summed E-state index contributed by atoms with van der Waals surface area (Å²) in [6, 6.07) is 23.1. The molecule has 0 aliphatic carbocycles. The zero-order valence-corrected chi connectivity index (χ0v) is 19.2. The molecule has 1 aliphatic rings. The molecule has 2 N–H and O–H groups in total. The minimum absolute atomic E-state index is 0.0569. The highest BCUT2D eigenvalue weighted by molar-refractivity contribution is 7.80. The maximum Gasteiger partial charge on any atom is 0.226 e. The molecule has 3 aromatic heterocycles. The fourth-order valence-corrected chi connectivity index (χ4v) is 4.64. The summed E-state index contributed by atoms with van der Waals surface area (Å²) >= 11 is 5.75. The van der Waals surface area contributed by atoms with Crippen LogP contribution in [0.25, 0.3) is 5.69 Å². The summed E-state index contributed by atoms with van der Waals surface area (Å²) in [5.41, 5.74) is 3.74. The summed E-state index contributed by atoms with van der Waals surface area (Å²) in [7, 11) is 0. The van der Waals surface area contributed by atoms with Gasteiger partial charge in [0.1, 0.15) is 0 Å². The molecule has 1 fully saturated rings. The predicted molar refractivity (Wildman–Crippen MR) is 135 cm³/mol. The standard InChI is InChI=1S/C26H24N6OS/c33-23(29-19-7-2-1-3-8-19)13-18-32-25(24(30-26(32)34)21-9-4-5-14-28-21)22-10-6-17-31(22)20-11-15-27-16-12-20/h1-12,14-17,24-25H,13,18H2,(H,29,33)(H,30,34)/t24-,25-/m0/s1. The highest BCUT2D eigenvalue weighted by Gasteiger charge is 2.41. The number of carbonyl (C=O) groups is 1. The number of pyridine rings is 2. The van der Waals surface area contributed by atoms with Gasteiger partial charge in [0.2, 0.25) is 5.91 Å². The normalized spacial score (nSPS) is 17.4. The third-order valence-corrected chi connectivity index (χ3v) is 6.21. The molecule has 1 saturated heterocycles. The van der Waals surface area contributed by atoms with E-state index in [1.165, 1.54) is 0 Å². The van der Waals surface area contributed by atoms with Gasteiger partial charge in [-0.05, 0) is 60.7 Å². The summed E-state index contributed by atoms with van der Waals surface area (Å²) in [5.74, 6) is -0.0569. The van der Waals surface area contributed by atoms with E-state index in [-0.39, 0.29) is 18.0 Å². The fraction of sp³-hybridized carbons (Fsp3) is 0.154. The van der Waals surface area contributed by atoms with Crippen molar-refractivity contribution in [3.05, 3.63) is 109 Å². The molecule has 1 amide bonds. The molecule has 8 heteroatoms. The van der Waals surface area contributed by atoms with Gasteiger partial charge in [0.25, 0.3) is 0 Å². The van der Waals surface area contributed by atoms with E-state index >= 15 is 0 Å². The lowest BCUT2D eigenvalue weighted by molar-refractivity contribution is -0.116. The molecule has 34 heavy (non-hydrogen) atoms. The summed E-state index contributed by atoms with van der Waals surface area (Å²) in [6.07, 6.45) is 7.67. The number of hydrogen-bond acceptors (Lipinski definition) is 4. The lowest BCUT2D eigenvalue weighted by atomic mass is 10.0. The minimum atomic E-state index is -0.152. The monoisotopic (exact) mass is 468 g/mol. The van der Waals surface area contributed by atoms with Crippen molar-refractivity contribution in [3.8, 4) is 5.69 Å². The summed E-state index contributed by atoms with van der Waals surface area (Å²) in [5, 5.41) is 7.01. The van der Waals surface area contributed by atoms with E-state index in [0.717, 1.165) is 22.8 Å². The molecule has 0 bridgehead atoms. The minimum Gasteiger partial charge on any atom is -0.352 e. The second kappa shape index (κ2) is 9.84. The number of para-hydroxylation sites is 1. The molecule has 0 radical (unpaired) electrons. The Balaban J connectivity index is 1.44. The third-order valence-electron chi connectivity index (χ3n) is 5.86. The maximum atomic E-state index is 12.7. The van der Waals surface area contributed by atoms with Crippen LogP contribution in [0.1, 0.15) is 29.9 Å². The van der Waals surface area contributed by atoms with Gasteiger partial charge in [-0.3, -0.25) is 14.8 Å². The molecule has 0 unspecified atom stereocenters. The van der Waals surface area contributed by atoms with Gasteiger partial charge >= 0.3 is 0 Å². The number of nitrogens with one attached hydrogen (secondary N) is 2. The second-order valence-corrected chi connectivity index (χ2v) is 8.38. The van der Waals surface area contributed by atoms with Crippen molar-refractivity contribution in [2.24, 2.45) is 0 Å². The molecule has 2 atom stereocenters. The van der Waals surface area contributed by atoms with Crippen LogP contribution in [0.5, 0.6) is 0 Å². The lowest BCUT2D eigenvalue weighted by Gasteiger charge is -2.28. The van der Waals surface area contributed by atoms with Gasteiger partial charge in [0, 0.05) is 54.8 Å². The molecule has 0 spiro atoms. The van der Waals surface area contributed by atoms with Gasteiger partial charge < -0.3 is 20.1 Å². The Hall–Kier alpha value is -4.04. The first-order chi connectivity index (χ1) is 16.7. The average Bonchev–Trinajstić information content (AvgIpc) is 3.48. The van der Waals surface area contributed by atoms with Crippen LogP contribution in [0.3, 0.4) is 0 Å². The molecule has 5 rings (SSSR count). The average molecular weight is 469 g/mol. The zero-order valence-electron chi connectivity index (χ0n) is 18.4. The first-order valence-electron chi connectivity index (χ1n) is 11.1. The van der Waals surface area contributed by atoms with E-state index in [1.807, 2.05) is 72.9 Å². The van der Waals surface area contributed by atoms with E-state index in [9.17, 15) is 4.79 Å². The van der Waals surface area contributed by atoms with Crippen molar-refractivity contribution >= 4 is 28.9 Å². The number of aromatic nitrogens is 3. The van der Waals surface area contributed by atoms with Gasteiger partial charge in [0.15, 0.2) is 5.11 Å². The molecule has 0 saturated carbocycles. The van der Waals surface area contributed by atoms with Crippen LogP contribution >= 0.6 is 12.2 Å². The molecule has 1 aromatic carbocycles. The van der Waals surface area contributed by atoms with E-state index < -0.39 is 0 Å². The molecule has 170 valence electrons. The van der Waals surface area contributed by atoms with E-state index in [1.54, 1.807) is 18.6 Å². The van der Waals surface area contributed by atoms with Crippen LogP contribution in [-0.2, 0) is 4.79 Å². The van der Waals surface area contributed by atoms with Gasteiger partial charge in [-0.1, -0.05) is 24.3 Å². The van der Waals surface area contributed by atoms with Crippen molar-refractivity contribution in [2.45, 2.75) is 18.5 Å². The Labute approximate surface area is 203 Å². The Kier molecular flexibility index (Phi) is 6.31. The number of amides is 1. The Morgan fingerprint density at radius 1 is 0.971 bits per heavy atom. The largest absolute Gasteiger partial charge is 0.352 e. The van der Waals surface area contributed by atoms with E-state index in [4.69, 9.17) is 12.2 Å². The summed E-state index contributed by atoms with van der Waals surface area (Å²) in [6.45, 7) is 0.472. The van der Waals surface area contributed by atoms with Gasteiger partial charge in [-0.2, -0.15) is 0 Å². The summed E-state index contributed by atoms with van der Waals surface area (Å²) < 4.78 is 2.13. The molecule has 7 nitrogen and oxygen atoms in total. The second-order valence-electron chi connectivity index (χ2n) is 7.99. The SMILES string of the molecule is O=C(CCN1C(=S)N[C@@H](c2ccccn2)[C@@H]1c1cccn1-c1ccncc1)Nc1ccccc1. The first kappa shape index (κ1) is 21.8. The fourth-order valence-electron chi connectivity index (χ4n) is 4.31. The number of thiocarbonyl (C=S) groups is 1. The van der Waals surface area contributed by atoms with Crippen molar-refractivity contribution in [1.29, 1.82) is 0 Å². The lowest BCUT2D eigenvalue weighted by Crippen LogP contribution is -2.33. The Morgan fingerprint density at radius 2 is 1.76 bits per heavy atom. The number of hydrogen-bond donors (Lipinski definition) is 2. The van der Waals surface area contributed by atoms with Crippen LogP contribution in [0, 0.1) is 0 Å². The molecular formula is C26H24N6OS. The third kappa shape index (κ3) is 4.53. The Bertz CT molecular complexity index is 1260. The van der Waals surface area contributed by atoms with Crippen LogP contribution < -0.4 is 10.6 Å². The number of carbonyl (C=O) groups excluding carboxylic acids is 1. The number of rotatable bonds is 7. The maximum absolute atomic E-state index is 12.7.